The number of nitrogens with zero attached hydrogens (tertiary/aromatic N) is 2. The largest absolute Gasteiger partial charge is 0.494 e. The molecule has 6 heteroatoms. The Labute approximate surface area is 148 Å². The van der Waals surface area contributed by atoms with Crippen LogP contribution < -0.4 is 4.74 Å². The fourth-order valence-electron chi connectivity index (χ4n) is 3.24. The van der Waals surface area contributed by atoms with E-state index in [0.29, 0.717) is 52.2 Å². The van der Waals surface area contributed by atoms with E-state index >= 15 is 0 Å². The molecule has 0 saturated carbocycles. The van der Waals surface area contributed by atoms with Crippen molar-refractivity contribution >= 4 is 11.8 Å². The second kappa shape index (κ2) is 8.85. The van der Waals surface area contributed by atoms with E-state index in [4.69, 9.17) is 9.47 Å². The molecule has 1 atom stereocenters. The summed E-state index contributed by atoms with van der Waals surface area (Å²) >= 11 is 0. The average Bonchev–Trinajstić information content (AvgIpc) is 3.20. The van der Waals surface area contributed by atoms with Crippen molar-refractivity contribution in [1.29, 1.82) is 0 Å². The molecule has 136 valence electrons. The van der Waals surface area contributed by atoms with Gasteiger partial charge in [-0.05, 0) is 31.4 Å². The number of rotatable bonds is 6. The zero-order chi connectivity index (χ0) is 17.5. The second-order valence-electron chi connectivity index (χ2n) is 6.47. The van der Waals surface area contributed by atoms with Crippen LogP contribution in [0.15, 0.2) is 30.3 Å². The first-order valence-electron chi connectivity index (χ1n) is 9.10. The third-order valence-corrected chi connectivity index (χ3v) is 4.70. The van der Waals surface area contributed by atoms with E-state index in [9.17, 15) is 9.59 Å². The minimum atomic E-state index is -0.266. The van der Waals surface area contributed by atoms with Crippen LogP contribution in [0.1, 0.15) is 25.7 Å². The highest BCUT2D eigenvalue weighted by Crippen LogP contribution is 2.16. The Morgan fingerprint density at radius 1 is 1.08 bits per heavy atom. The maximum Gasteiger partial charge on any atom is 0.251 e. The Balaban J connectivity index is 1.33. The molecular weight excluding hydrogens is 320 g/mol. The summed E-state index contributed by atoms with van der Waals surface area (Å²) in [6.45, 7) is 3.64. The zero-order valence-electron chi connectivity index (χ0n) is 14.6. The van der Waals surface area contributed by atoms with E-state index in [1.54, 1.807) is 0 Å². The number of hydrogen-bond donors (Lipinski definition) is 0. The smallest absolute Gasteiger partial charge is 0.251 e. The van der Waals surface area contributed by atoms with Crippen molar-refractivity contribution < 1.29 is 19.1 Å². The van der Waals surface area contributed by atoms with Gasteiger partial charge in [0.1, 0.15) is 11.9 Å². The predicted molar refractivity (Wildman–Crippen MR) is 93.3 cm³/mol. The number of ether oxygens (including phenoxy) is 2. The lowest BCUT2D eigenvalue weighted by atomic mass is 10.2. The van der Waals surface area contributed by atoms with Crippen LogP contribution >= 0.6 is 0 Å². The number of benzene rings is 1. The van der Waals surface area contributed by atoms with Gasteiger partial charge in [0.05, 0.1) is 6.61 Å². The van der Waals surface area contributed by atoms with Crippen molar-refractivity contribution in [2.45, 2.75) is 31.8 Å². The summed E-state index contributed by atoms with van der Waals surface area (Å²) in [5, 5.41) is 0. The lowest BCUT2D eigenvalue weighted by Gasteiger charge is -2.35. The van der Waals surface area contributed by atoms with Gasteiger partial charge in [0.2, 0.25) is 5.91 Å². The van der Waals surface area contributed by atoms with E-state index in [0.717, 1.165) is 18.6 Å². The summed E-state index contributed by atoms with van der Waals surface area (Å²) in [5.41, 5.74) is 0. The molecule has 0 aliphatic carbocycles. The average molecular weight is 346 g/mol. The van der Waals surface area contributed by atoms with Gasteiger partial charge in [-0.25, -0.2) is 0 Å². The summed E-state index contributed by atoms with van der Waals surface area (Å²) in [4.78, 5) is 28.3. The fourth-order valence-corrected chi connectivity index (χ4v) is 3.24. The van der Waals surface area contributed by atoms with Crippen molar-refractivity contribution in [1.82, 2.24) is 9.80 Å². The quantitative estimate of drug-likeness (QED) is 0.736. The van der Waals surface area contributed by atoms with Gasteiger partial charge in [0.15, 0.2) is 0 Å². The third kappa shape index (κ3) is 4.95. The molecule has 0 radical (unpaired) electrons. The van der Waals surface area contributed by atoms with E-state index in [-0.39, 0.29) is 17.9 Å². The first-order valence-corrected chi connectivity index (χ1v) is 9.10. The molecule has 0 spiro atoms. The summed E-state index contributed by atoms with van der Waals surface area (Å²) in [6.07, 6.45) is 2.69. The monoisotopic (exact) mass is 346 g/mol. The summed E-state index contributed by atoms with van der Waals surface area (Å²) in [7, 11) is 0. The maximum atomic E-state index is 12.3. The fraction of sp³-hybridized carbons (Fsp3) is 0.579. The van der Waals surface area contributed by atoms with Crippen molar-refractivity contribution in [3.05, 3.63) is 30.3 Å². The SMILES string of the molecule is O=C(CCCOc1ccccc1)N1CCN(C(=O)C2CCCO2)CC1. The molecule has 25 heavy (non-hydrogen) atoms. The van der Waals surface area contributed by atoms with Gasteiger partial charge in [-0.15, -0.1) is 0 Å². The molecule has 1 unspecified atom stereocenters. The van der Waals surface area contributed by atoms with Crippen LogP contribution in [-0.2, 0) is 14.3 Å². The van der Waals surface area contributed by atoms with Gasteiger partial charge in [-0.2, -0.15) is 0 Å². The molecule has 2 aliphatic rings. The number of carbonyl (C=O) groups is 2. The van der Waals surface area contributed by atoms with Crippen LogP contribution in [0, 0.1) is 0 Å². The summed E-state index contributed by atoms with van der Waals surface area (Å²) in [5.74, 6) is 1.05. The highest BCUT2D eigenvalue weighted by atomic mass is 16.5. The van der Waals surface area contributed by atoms with Gasteiger partial charge in [-0.1, -0.05) is 18.2 Å². The van der Waals surface area contributed by atoms with Crippen LogP contribution in [0.3, 0.4) is 0 Å². The highest BCUT2D eigenvalue weighted by Gasteiger charge is 2.31. The topological polar surface area (TPSA) is 59.1 Å². The minimum Gasteiger partial charge on any atom is -0.494 e. The standard InChI is InChI=1S/C19H26N2O4/c22-18(9-5-14-24-16-6-2-1-3-7-16)20-10-12-21(13-11-20)19(23)17-8-4-15-25-17/h1-3,6-7,17H,4-5,8-15H2. The molecule has 6 nitrogen and oxygen atoms in total. The minimum absolute atomic E-state index is 0.0841. The molecular formula is C19H26N2O4. The third-order valence-electron chi connectivity index (χ3n) is 4.70. The number of hydrogen-bond acceptors (Lipinski definition) is 4. The molecule has 2 heterocycles. The van der Waals surface area contributed by atoms with Gasteiger partial charge < -0.3 is 19.3 Å². The Morgan fingerprint density at radius 2 is 1.80 bits per heavy atom. The first kappa shape index (κ1) is 17.7. The van der Waals surface area contributed by atoms with Crippen LogP contribution in [-0.4, -0.2) is 67.1 Å². The maximum absolute atomic E-state index is 12.3. The highest BCUT2D eigenvalue weighted by molar-refractivity contribution is 5.82. The van der Waals surface area contributed by atoms with E-state index in [1.807, 2.05) is 40.1 Å². The van der Waals surface area contributed by atoms with Gasteiger partial charge in [0.25, 0.3) is 5.91 Å². The van der Waals surface area contributed by atoms with Gasteiger partial charge in [-0.3, -0.25) is 9.59 Å². The van der Waals surface area contributed by atoms with Crippen LogP contribution in [0.25, 0.3) is 0 Å². The predicted octanol–water partition coefficient (Wildman–Crippen LogP) is 1.70. The van der Waals surface area contributed by atoms with E-state index < -0.39 is 0 Å². The summed E-state index contributed by atoms with van der Waals surface area (Å²) < 4.78 is 11.1. The Morgan fingerprint density at radius 3 is 2.48 bits per heavy atom. The van der Waals surface area contributed by atoms with E-state index in [1.165, 1.54) is 0 Å². The van der Waals surface area contributed by atoms with Crippen molar-refractivity contribution in [3.8, 4) is 5.75 Å². The summed E-state index contributed by atoms with van der Waals surface area (Å²) in [6, 6.07) is 9.62. The molecule has 3 rings (SSSR count). The van der Waals surface area contributed by atoms with Crippen LogP contribution in [0.4, 0.5) is 0 Å². The molecule has 2 aliphatic heterocycles. The van der Waals surface area contributed by atoms with Crippen molar-refractivity contribution in [2.24, 2.45) is 0 Å². The first-order chi connectivity index (χ1) is 12.2. The molecule has 2 saturated heterocycles. The molecule has 0 N–H and O–H groups in total. The second-order valence-corrected chi connectivity index (χ2v) is 6.47. The van der Waals surface area contributed by atoms with Crippen LogP contribution in [0.2, 0.25) is 0 Å². The van der Waals surface area contributed by atoms with Crippen LogP contribution in [0.5, 0.6) is 5.75 Å². The van der Waals surface area contributed by atoms with Gasteiger partial charge >= 0.3 is 0 Å². The number of carbonyl (C=O) groups excluding carboxylic acids is 2. The molecule has 1 aromatic rings. The van der Waals surface area contributed by atoms with E-state index in [2.05, 4.69) is 0 Å². The Hall–Kier alpha value is -2.08. The normalized spacial score (nSPS) is 20.6. The lowest BCUT2D eigenvalue weighted by Crippen LogP contribution is -2.52. The molecule has 0 aromatic heterocycles. The number of amides is 2. The Kier molecular flexibility index (Phi) is 6.28. The molecule has 0 bridgehead atoms. The lowest BCUT2D eigenvalue weighted by molar-refractivity contribution is -0.146. The van der Waals surface area contributed by atoms with Crippen molar-refractivity contribution in [2.75, 3.05) is 39.4 Å². The molecule has 2 fully saturated rings. The zero-order valence-corrected chi connectivity index (χ0v) is 14.6. The Bertz CT molecular complexity index is 564. The van der Waals surface area contributed by atoms with Gasteiger partial charge in [0, 0.05) is 39.2 Å². The molecule has 1 aromatic carbocycles. The molecule has 2 amide bonds. The number of para-hydroxylation sites is 1. The van der Waals surface area contributed by atoms with Crippen molar-refractivity contribution in [3.63, 3.8) is 0 Å². The number of piperazine rings is 1.